The van der Waals surface area contributed by atoms with Crippen molar-refractivity contribution in [2.24, 2.45) is 0 Å². The van der Waals surface area contributed by atoms with Crippen LogP contribution in [-0.2, 0) is 11.2 Å². The quantitative estimate of drug-likeness (QED) is 0.803. The molecule has 4 nitrogen and oxygen atoms in total. The first kappa shape index (κ1) is 12.9. The molecular weight excluding hydrogens is 270 g/mol. The number of rotatable bonds is 3. The summed E-state index contributed by atoms with van der Waals surface area (Å²) in [6, 6.07) is 6.03. The second-order valence-corrected chi connectivity index (χ2v) is 5.74. The number of hydrogen-bond acceptors (Lipinski definition) is 3. The van der Waals surface area contributed by atoms with E-state index < -0.39 is 0 Å². The molecule has 0 aliphatic rings. The van der Waals surface area contributed by atoms with Gasteiger partial charge in [-0.15, -0.1) is 11.3 Å². The SMILES string of the molecule is Cc1ccc(C)c(NC(=O)Cc2cn3ccsc3n2)c1. The third-order valence-electron chi connectivity index (χ3n) is 3.15. The van der Waals surface area contributed by atoms with Crippen LogP contribution < -0.4 is 5.32 Å². The Labute approximate surface area is 121 Å². The summed E-state index contributed by atoms with van der Waals surface area (Å²) < 4.78 is 1.94. The van der Waals surface area contributed by atoms with Gasteiger partial charge >= 0.3 is 0 Å². The van der Waals surface area contributed by atoms with Crippen molar-refractivity contribution in [3.05, 3.63) is 52.8 Å². The number of benzene rings is 1. The van der Waals surface area contributed by atoms with Crippen LogP contribution >= 0.6 is 11.3 Å². The Bertz CT molecular complexity index is 744. The van der Waals surface area contributed by atoms with Gasteiger partial charge in [-0.3, -0.25) is 9.20 Å². The van der Waals surface area contributed by atoms with Gasteiger partial charge in [0.25, 0.3) is 0 Å². The number of nitrogens with one attached hydrogen (secondary N) is 1. The summed E-state index contributed by atoms with van der Waals surface area (Å²) in [7, 11) is 0. The fraction of sp³-hybridized carbons (Fsp3) is 0.200. The second-order valence-electron chi connectivity index (χ2n) is 4.87. The number of anilines is 1. The van der Waals surface area contributed by atoms with Gasteiger partial charge in [-0.05, 0) is 31.0 Å². The molecular formula is C15H15N3OS. The van der Waals surface area contributed by atoms with E-state index in [9.17, 15) is 4.79 Å². The number of thiazole rings is 1. The van der Waals surface area contributed by atoms with Crippen LogP contribution in [0.25, 0.3) is 4.96 Å². The van der Waals surface area contributed by atoms with Gasteiger partial charge in [0.15, 0.2) is 4.96 Å². The Kier molecular flexibility index (Phi) is 3.28. The Hall–Kier alpha value is -2.14. The van der Waals surface area contributed by atoms with Gasteiger partial charge in [0.2, 0.25) is 5.91 Å². The zero-order chi connectivity index (χ0) is 14.1. The van der Waals surface area contributed by atoms with E-state index >= 15 is 0 Å². The molecule has 0 atom stereocenters. The van der Waals surface area contributed by atoms with Crippen molar-refractivity contribution in [2.45, 2.75) is 20.3 Å². The molecule has 1 aromatic carbocycles. The van der Waals surface area contributed by atoms with Gasteiger partial charge in [-0.1, -0.05) is 12.1 Å². The smallest absolute Gasteiger partial charge is 0.230 e. The number of nitrogens with zero attached hydrogens (tertiary/aromatic N) is 2. The number of aromatic nitrogens is 2. The molecule has 1 amide bonds. The van der Waals surface area contributed by atoms with Crippen molar-refractivity contribution < 1.29 is 4.79 Å². The largest absolute Gasteiger partial charge is 0.325 e. The van der Waals surface area contributed by atoms with Crippen LogP contribution in [0.15, 0.2) is 36.0 Å². The molecule has 0 aliphatic carbocycles. The molecule has 0 unspecified atom stereocenters. The first-order valence-electron chi connectivity index (χ1n) is 6.40. The van der Waals surface area contributed by atoms with Crippen molar-refractivity contribution in [2.75, 3.05) is 5.32 Å². The summed E-state index contributed by atoms with van der Waals surface area (Å²) in [5.74, 6) is -0.0375. The molecule has 102 valence electrons. The lowest BCUT2D eigenvalue weighted by Crippen LogP contribution is -2.15. The fourth-order valence-corrected chi connectivity index (χ4v) is 2.81. The Balaban J connectivity index is 1.73. The van der Waals surface area contributed by atoms with Crippen molar-refractivity contribution in [3.8, 4) is 0 Å². The molecule has 0 aliphatic heterocycles. The molecule has 3 rings (SSSR count). The van der Waals surface area contributed by atoms with Crippen molar-refractivity contribution in [1.29, 1.82) is 0 Å². The Morgan fingerprint density at radius 1 is 1.40 bits per heavy atom. The molecule has 0 saturated heterocycles. The molecule has 3 aromatic rings. The van der Waals surface area contributed by atoms with Crippen molar-refractivity contribution in [3.63, 3.8) is 0 Å². The van der Waals surface area contributed by atoms with E-state index in [4.69, 9.17) is 0 Å². The Morgan fingerprint density at radius 3 is 3.05 bits per heavy atom. The molecule has 5 heteroatoms. The maximum atomic E-state index is 12.1. The number of aryl methyl sites for hydroxylation is 2. The molecule has 20 heavy (non-hydrogen) atoms. The van der Waals surface area contributed by atoms with Crippen molar-refractivity contribution in [1.82, 2.24) is 9.38 Å². The first-order chi connectivity index (χ1) is 9.61. The van der Waals surface area contributed by atoms with Gasteiger partial charge in [-0.25, -0.2) is 4.98 Å². The van der Waals surface area contributed by atoms with E-state index in [0.717, 1.165) is 27.5 Å². The molecule has 2 heterocycles. The highest BCUT2D eigenvalue weighted by molar-refractivity contribution is 7.15. The number of amides is 1. The molecule has 0 spiro atoms. The monoisotopic (exact) mass is 285 g/mol. The van der Waals surface area contributed by atoms with Gasteiger partial charge in [0.05, 0.1) is 12.1 Å². The molecule has 1 N–H and O–H groups in total. The summed E-state index contributed by atoms with van der Waals surface area (Å²) in [6.45, 7) is 4.00. The number of carbonyl (C=O) groups is 1. The van der Waals surface area contributed by atoms with Gasteiger partial charge in [-0.2, -0.15) is 0 Å². The minimum atomic E-state index is -0.0375. The third kappa shape index (κ3) is 2.58. The predicted octanol–water partition coefficient (Wildman–Crippen LogP) is 3.19. The maximum absolute atomic E-state index is 12.1. The first-order valence-corrected chi connectivity index (χ1v) is 7.28. The van der Waals surface area contributed by atoms with E-state index in [2.05, 4.69) is 10.3 Å². The van der Waals surface area contributed by atoms with E-state index in [1.54, 1.807) is 11.3 Å². The zero-order valence-corrected chi connectivity index (χ0v) is 12.2. The van der Waals surface area contributed by atoms with E-state index in [1.165, 1.54) is 0 Å². The highest BCUT2D eigenvalue weighted by Gasteiger charge is 2.09. The zero-order valence-electron chi connectivity index (χ0n) is 11.4. The molecule has 0 fully saturated rings. The predicted molar refractivity (Wildman–Crippen MR) is 81.3 cm³/mol. The third-order valence-corrected chi connectivity index (χ3v) is 3.92. The molecule has 0 saturated carbocycles. The lowest BCUT2D eigenvalue weighted by atomic mass is 10.1. The highest BCUT2D eigenvalue weighted by atomic mass is 32.1. The maximum Gasteiger partial charge on any atom is 0.230 e. The number of hydrogen-bond donors (Lipinski definition) is 1. The molecule has 0 bridgehead atoms. The summed E-state index contributed by atoms with van der Waals surface area (Å²) in [4.78, 5) is 17.4. The van der Waals surface area contributed by atoms with Gasteiger partial charge in [0.1, 0.15) is 0 Å². The highest BCUT2D eigenvalue weighted by Crippen LogP contribution is 2.17. The lowest BCUT2D eigenvalue weighted by molar-refractivity contribution is -0.115. The van der Waals surface area contributed by atoms with Crippen LogP contribution in [0.2, 0.25) is 0 Å². The minimum absolute atomic E-state index is 0.0375. The van der Waals surface area contributed by atoms with Crippen LogP contribution in [0.3, 0.4) is 0 Å². The normalized spacial score (nSPS) is 10.9. The van der Waals surface area contributed by atoms with Gasteiger partial charge in [0, 0.05) is 23.5 Å². The second kappa shape index (κ2) is 5.09. The number of fused-ring (bicyclic) bond motifs is 1. The molecule has 2 aromatic heterocycles. The fourth-order valence-electron chi connectivity index (χ4n) is 2.09. The van der Waals surface area contributed by atoms with Crippen LogP contribution in [0.1, 0.15) is 16.8 Å². The topological polar surface area (TPSA) is 46.4 Å². The minimum Gasteiger partial charge on any atom is -0.325 e. The average molecular weight is 285 g/mol. The number of carbonyl (C=O) groups excluding carboxylic acids is 1. The van der Waals surface area contributed by atoms with E-state index in [0.29, 0.717) is 6.42 Å². The van der Waals surface area contributed by atoms with Crippen LogP contribution in [0.4, 0.5) is 5.69 Å². The van der Waals surface area contributed by atoms with Gasteiger partial charge < -0.3 is 5.32 Å². The standard InChI is InChI=1S/C15H15N3OS/c1-10-3-4-11(2)13(7-10)17-14(19)8-12-9-18-5-6-20-15(18)16-12/h3-7,9H,8H2,1-2H3,(H,17,19). The summed E-state index contributed by atoms with van der Waals surface area (Å²) >= 11 is 1.56. The molecule has 0 radical (unpaired) electrons. The summed E-state index contributed by atoms with van der Waals surface area (Å²) in [5, 5.41) is 4.93. The number of imidazole rings is 1. The van der Waals surface area contributed by atoms with Crippen LogP contribution in [-0.4, -0.2) is 15.3 Å². The Morgan fingerprint density at radius 2 is 2.25 bits per heavy atom. The van der Waals surface area contributed by atoms with Crippen molar-refractivity contribution >= 4 is 27.9 Å². The van der Waals surface area contributed by atoms with E-state index in [-0.39, 0.29) is 5.91 Å². The van der Waals surface area contributed by atoms with Crippen LogP contribution in [0, 0.1) is 13.8 Å². The summed E-state index contributed by atoms with van der Waals surface area (Å²) in [6.07, 6.45) is 4.13. The summed E-state index contributed by atoms with van der Waals surface area (Å²) in [5.41, 5.74) is 3.86. The van der Waals surface area contributed by atoms with Crippen LogP contribution in [0.5, 0.6) is 0 Å². The van der Waals surface area contributed by atoms with E-state index in [1.807, 2.05) is 54.2 Å². The lowest BCUT2D eigenvalue weighted by Gasteiger charge is -2.08. The average Bonchev–Trinajstić information content (AvgIpc) is 2.94.